The Morgan fingerprint density at radius 1 is 1.29 bits per heavy atom. The molecule has 4 nitrogen and oxygen atoms in total. The third-order valence-electron chi connectivity index (χ3n) is 2.65. The topological polar surface area (TPSA) is 61.8 Å². The van der Waals surface area contributed by atoms with E-state index < -0.39 is 0 Å². The Morgan fingerprint density at radius 3 is 2.35 bits per heavy atom. The quantitative estimate of drug-likeness (QED) is 0.354. The van der Waals surface area contributed by atoms with Crippen LogP contribution in [0, 0.1) is 13.8 Å². The number of likely N-dealkylation sites (N-methyl/N-ethyl adjacent to an activating group) is 1. The van der Waals surface area contributed by atoms with Crippen LogP contribution in [0.2, 0.25) is 0 Å². The number of rotatable bonds is 5. The van der Waals surface area contributed by atoms with E-state index in [1.54, 1.807) is 0 Å². The van der Waals surface area contributed by atoms with Gasteiger partial charge in [-0.25, -0.2) is 0 Å². The maximum atomic E-state index is 8.57. The third-order valence-corrected chi connectivity index (χ3v) is 2.65. The van der Waals surface area contributed by atoms with Crippen molar-refractivity contribution >= 4 is 5.84 Å². The molecule has 4 heteroatoms. The predicted octanol–water partition coefficient (Wildman–Crippen LogP) is 1.87. The number of hydrogen-bond acceptors (Lipinski definition) is 3. The Bertz CT molecular complexity index is 381. The van der Waals surface area contributed by atoms with Crippen LogP contribution in [0.1, 0.15) is 23.6 Å². The third kappa shape index (κ3) is 4.44. The van der Waals surface area contributed by atoms with Crippen molar-refractivity contribution in [1.82, 2.24) is 4.90 Å². The van der Waals surface area contributed by atoms with Crippen LogP contribution in [0.25, 0.3) is 0 Å². The Balaban J connectivity index is 2.73. The van der Waals surface area contributed by atoms with Crippen LogP contribution >= 0.6 is 0 Å². The van der Waals surface area contributed by atoms with E-state index in [-0.39, 0.29) is 5.84 Å². The zero-order valence-electron chi connectivity index (χ0n) is 10.8. The molecule has 0 unspecified atom stereocenters. The van der Waals surface area contributed by atoms with E-state index >= 15 is 0 Å². The van der Waals surface area contributed by atoms with Crippen LogP contribution in [-0.4, -0.2) is 29.0 Å². The molecule has 0 aliphatic carbocycles. The van der Waals surface area contributed by atoms with Crippen molar-refractivity contribution in [2.24, 2.45) is 10.9 Å². The number of hydrogen-bond donors (Lipinski definition) is 2. The second-order valence-electron chi connectivity index (χ2n) is 4.39. The molecule has 1 aromatic rings. The lowest BCUT2D eigenvalue weighted by Gasteiger charge is -2.20. The molecular weight excluding hydrogens is 214 g/mol. The van der Waals surface area contributed by atoms with Gasteiger partial charge in [0.2, 0.25) is 0 Å². The van der Waals surface area contributed by atoms with E-state index in [1.165, 1.54) is 16.7 Å². The van der Waals surface area contributed by atoms with Gasteiger partial charge in [0.1, 0.15) is 0 Å². The Hall–Kier alpha value is -1.55. The maximum absolute atomic E-state index is 8.57. The number of oxime groups is 1. The zero-order valence-corrected chi connectivity index (χ0v) is 10.8. The summed E-state index contributed by atoms with van der Waals surface area (Å²) in [5, 5.41) is 11.6. The molecule has 0 saturated carbocycles. The Labute approximate surface area is 103 Å². The molecule has 0 aliphatic heterocycles. The van der Waals surface area contributed by atoms with E-state index in [0.29, 0.717) is 6.54 Å². The number of benzene rings is 1. The Morgan fingerprint density at radius 2 is 1.88 bits per heavy atom. The first kappa shape index (κ1) is 13.5. The first-order chi connectivity index (χ1) is 8.05. The number of amidine groups is 1. The molecule has 0 atom stereocenters. The van der Waals surface area contributed by atoms with Gasteiger partial charge in [-0.15, -0.1) is 0 Å². The van der Waals surface area contributed by atoms with Gasteiger partial charge < -0.3 is 10.9 Å². The molecule has 0 radical (unpaired) electrons. The van der Waals surface area contributed by atoms with Crippen LogP contribution in [0.3, 0.4) is 0 Å². The van der Waals surface area contributed by atoms with Gasteiger partial charge in [-0.3, -0.25) is 4.90 Å². The van der Waals surface area contributed by atoms with Gasteiger partial charge in [-0.1, -0.05) is 41.4 Å². The van der Waals surface area contributed by atoms with Gasteiger partial charge >= 0.3 is 0 Å². The lowest BCUT2D eigenvalue weighted by molar-refractivity contribution is 0.294. The molecule has 0 spiro atoms. The van der Waals surface area contributed by atoms with Crippen molar-refractivity contribution in [2.75, 3.05) is 13.1 Å². The highest BCUT2D eigenvalue weighted by molar-refractivity contribution is 5.81. The summed E-state index contributed by atoms with van der Waals surface area (Å²) < 4.78 is 0. The summed E-state index contributed by atoms with van der Waals surface area (Å²) in [5.74, 6) is 0.247. The minimum absolute atomic E-state index is 0.247. The van der Waals surface area contributed by atoms with Crippen molar-refractivity contribution in [3.05, 3.63) is 34.9 Å². The molecule has 94 valence electrons. The molecule has 0 fully saturated rings. The van der Waals surface area contributed by atoms with Gasteiger partial charge in [0.25, 0.3) is 0 Å². The lowest BCUT2D eigenvalue weighted by Crippen LogP contribution is -2.33. The van der Waals surface area contributed by atoms with E-state index in [1.807, 2.05) is 0 Å². The first-order valence-corrected chi connectivity index (χ1v) is 5.81. The van der Waals surface area contributed by atoms with Crippen LogP contribution in [0.15, 0.2) is 23.4 Å². The average Bonchev–Trinajstić information content (AvgIpc) is 2.26. The van der Waals surface area contributed by atoms with Crippen LogP contribution < -0.4 is 5.73 Å². The summed E-state index contributed by atoms with van der Waals surface area (Å²) in [6.45, 7) is 8.42. The number of nitrogens with two attached hydrogens (primary N) is 1. The van der Waals surface area contributed by atoms with Crippen molar-refractivity contribution in [2.45, 2.75) is 27.3 Å². The average molecular weight is 235 g/mol. The van der Waals surface area contributed by atoms with E-state index in [2.05, 4.69) is 49.0 Å². The minimum atomic E-state index is 0.247. The molecule has 0 aliphatic rings. The lowest BCUT2D eigenvalue weighted by atomic mass is 10.1. The van der Waals surface area contributed by atoms with Gasteiger partial charge in [0.05, 0.1) is 6.54 Å². The molecular formula is C13H21N3O. The number of nitrogens with zero attached hydrogens (tertiary/aromatic N) is 2. The maximum Gasteiger partial charge on any atom is 0.153 e. The monoisotopic (exact) mass is 235 g/mol. The molecule has 17 heavy (non-hydrogen) atoms. The molecule has 0 heterocycles. The summed E-state index contributed by atoms with van der Waals surface area (Å²) in [5.41, 5.74) is 9.31. The zero-order chi connectivity index (χ0) is 12.8. The fourth-order valence-corrected chi connectivity index (χ4v) is 1.96. The van der Waals surface area contributed by atoms with Gasteiger partial charge in [0, 0.05) is 6.54 Å². The highest BCUT2D eigenvalue weighted by Gasteiger charge is 2.06. The van der Waals surface area contributed by atoms with Gasteiger partial charge in [-0.2, -0.15) is 0 Å². The molecule has 1 rings (SSSR count). The highest BCUT2D eigenvalue weighted by atomic mass is 16.4. The van der Waals surface area contributed by atoms with E-state index in [0.717, 1.165) is 13.1 Å². The molecule has 3 N–H and O–H groups in total. The Kier molecular flexibility index (Phi) is 4.97. The fraction of sp³-hybridized carbons (Fsp3) is 0.462. The van der Waals surface area contributed by atoms with Crippen molar-refractivity contribution < 1.29 is 5.21 Å². The van der Waals surface area contributed by atoms with Crippen molar-refractivity contribution in [3.8, 4) is 0 Å². The first-order valence-electron chi connectivity index (χ1n) is 5.81. The number of aryl methyl sites for hydroxylation is 2. The normalized spacial score (nSPS) is 12.1. The van der Waals surface area contributed by atoms with Gasteiger partial charge in [-0.05, 0) is 26.0 Å². The molecule has 0 bridgehead atoms. The molecule has 1 aromatic carbocycles. The standard InChI is InChI=1S/C13H21N3O/c1-4-16(9-13(14)15-17)8-12-6-10(2)5-11(3)7-12/h5-7,17H,4,8-9H2,1-3H3,(H2,14,15). The fourth-order valence-electron chi connectivity index (χ4n) is 1.96. The van der Waals surface area contributed by atoms with Crippen LogP contribution in [0.5, 0.6) is 0 Å². The van der Waals surface area contributed by atoms with Crippen molar-refractivity contribution in [1.29, 1.82) is 0 Å². The van der Waals surface area contributed by atoms with Gasteiger partial charge in [0.15, 0.2) is 5.84 Å². The van der Waals surface area contributed by atoms with Crippen LogP contribution in [0.4, 0.5) is 0 Å². The smallest absolute Gasteiger partial charge is 0.153 e. The van der Waals surface area contributed by atoms with E-state index in [4.69, 9.17) is 10.9 Å². The second-order valence-corrected chi connectivity index (χ2v) is 4.39. The SMILES string of the molecule is CCN(CC(N)=NO)Cc1cc(C)cc(C)c1. The molecule has 0 amide bonds. The predicted molar refractivity (Wildman–Crippen MR) is 70.3 cm³/mol. The second kappa shape index (κ2) is 6.25. The van der Waals surface area contributed by atoms with Crippen LogP contribution in [-0.2, 0) is 6.54 Å². The summed E-state index contributed by atoms with van der Waals surface area (Å²) in [4.78, 5) is 2.13. The summed E-state index contributed by atoms with van der Waals surface area (Å²) in [6.07, 6.45) is 0. The minimum Gasteiger partial charge on any atom is -0.409 e. The largest absolute Gasteiger partial charge is 0.409 e. The summed E-state index contributed by atoms with van der Waals surface area (Å²) in [7, 11) is 0. The summed E-state index contributed by atoms with van der Waals surface area (Å²) in [6, 6.07) is 6.49. The van der Waals surface area contributed by atoms with E-state index in [9.17, 15) is 0 Å². The molecule has 0 saturated heterocycles. The van der Waals surface area contributed by atoms with Crippen molar-refractivity contribution in [3.63, 3.8) is 0 Å². The highest BCUT2D eigenvalue weighted by Crippen LogP contribution is 2.11. The molecule has 0 aromatic heterocycles. The summed E-state index contributed by atoms with van der Waals surface area (Å²) >= 11 is 0.